The van der Waals surface area contributed by atoms with Crippen LogP contribution in [0.3, 0.4) is 0 Å². The normalized spacial score (nSPS) is 22.4. The van der Waals surface area contributed by atoms with Crippen LogP contribution >= 0.6 is 0 Å². The maximum Gasteiger partial charge on any atom is 0.0991 e. The summed E-state index contributed by atoms with van der Waals surface area (Å²) in [6.07, 6.45) is -0.267. The van der Waals surface area contributed by atoms with Crippen LogP contribution in [-0.2, 0) is 6.54 Å². The Hall–Kier alpha value is -1.41. The monoisotopic (exact) mass is 273 g/mol. The molecule has 2 atom stereocenters. The molecule has 4 nitrogen and oxygen atoms in total. The Morgan fingerprint density at radius 1 is 1.45 bits per heavy atom. The number of nitrogens with zero attached hydrogens (tertiary/aromatic N) is 3. The van der Waals surface area contributed by atoms with Crippen molar-refractivity contribution in [3.63, 3.8) is 0 Å². The van der Waals surface area contributed by atoms with Gasteiger partial charge < -0.3 is 5.11 Å². The van der Waals surface area contributed by atoms with Gasteiger partial charge in [0.05, 0.1) is 17.7 Å². The molecular weight excluding hydrogens is 250 g/mol. The fourth-order valence-corrected chi connectivity index (χ4v) is 2.82. The predicted molar refractivity (Wildman–Crippen MR) is 79.1 cm³/mol. The molecule has 0 bridgehead atoms. The predicted octanol–water partition coefficient (Wildman–Crippen LogP) is 1.45. The smallest absolute Gasteiger partial charge is 0.0991 e. The largest absolute Gasteiger partial charge is 0.392 e. The highest BCUT2D eigenvalue weighted by atomic mass is 16.3. The summed E-state index contributed by atoms with van der Waals surface area (Å²) < 4.78 is 0. The fourth-order valence-electron chi connectivity index (χ4n) is 2.82. The van der Waals surface area contributed by atoms with Gasteiger partial charge in [0.25, 0.3) is 0 Å². The molecule has 1 aromatic carbocycles. The van der Waals surface area contributed by atoms with E-state index in [1.165, 1.54) is 5.56 Å². The molecule has 2 rings (SSSR count). The van der Waals surface area contributed by atoms with Gasteiger partial charge in [-0.1, -0.05) is 12.1 Å². The summed E-state index contributed by atoms with van der Waals surface area (Å²) in [7, 11) is 0. The van der Waals surface area contributed by atoms with Crippen LogP contribution in [0.5, 0.6) is 0 Å². The van der Waals surface area contributed by atoms with Gasteiger partial charge in [0.1, 0.15) is 0 Å². The minimum atomic E-state index is -0.267. The lowest BCUT2D eigenvalue weighted by Gasteiger charge is -2.40. The third-order valence-corrected chi connectivity index (χ3v) is 3.81. The highest BCUT2D eigenvalue weighted by molar-refractivity contribution is 5.32. The van der Waals surface area contributed by atoms with Gasteiger partial charge in [-0.2, -0.15) is 5.26 Å². The first-order valence-electron chi connectivity index (χ1n) is 7.22. The molecule has 0 saturated carbocycles. The summed E-state index contributed by atoms with van der Waals surface area (Å²) in [4.78, 5) is 4.76. The van der Waals surface area contributed by atoms with Crippen LogP contribution in [0.15, 0.2) is 24.3 Å². The average molecular weight is 273 g/mol. The van der Waals surface area contributed by atoms with Crippen LogP contribution in [0.25, 0.3) is 0 Å². The molecular formula is C16H23N3O. The Bertz CT molecular complexity index is 481. The second-order valence-corrected chi connectivity index (χ2v) is 5.74. The summed E-state index contributed by atoms with van der Waals surface area (Å²) in [5.41, 5.74) is 1.92. The van der Waals surface area contributed by atoms with E-state index in [0.29, 0.717) is 6.04 Å². The lowest BCUT2D eigenvalue weighted by Crippen LogP contribution is -2.53. The first-order chi connectivity index (χ1) is 9.58. The Balaban J connectivity index is 1.91. The SMILES string of the molecule is C[C@H](O)CN1CCN(Cc2cccc(C#N)c2)C[C@@H]1C. The molecule has 1 aromatic rings. The number of piperazine rings is 1. The van der Waals surface area contributed by atoms with Gasteiger partial charge >= 0.3 is 0 Å². The summed E-state index contributed by atoms with van der Waals surface area (Å²) >= 11 is 0. The molecule has 0 aliphatic carbocycles. The molecule has 1 saturated heterocycles. The van der Waals surface area contributed by atoms with Crippen molar-refractivity contribution in [1.29, 1.82) is 5.26 Å². The summed E-state index contributed by atoms with van der Waals surface area (Å²) in [5.74, 6) is 0. The molecule has 1 heterocycles. The molecule has 0 spiro atoms. The van der Waals surface area contributed by atoms with Gasteiger partial charge in [0.15, 0.2) is 0 Å². The second-order valence-electron chi connectivity index (χ2n) is 5.74. The van der Waals surface area contributed by atoms with Gasteiger partial charge in [-0.05, 0) is 31.5 Å². The molecule has 0 radical (unpaired) electrons. The van der Waals surface area contributed by atoms with E-state index in [-0.39, 0.29) is 6.10 Å². The molecule has 108 valence electrons. The highest BCUT2D eigenvalue weighted by Gasteiger charge is 2.24. The van der Waals surface area contributed by atoms with E-state index in [9.17, 15) is 5.11 Å². The van der Waals surface area contributed by atoms with Crippen LogP contribution < -0.4 is 0 Å². The number of aliphatic hydroxyl groups excluding tert-OH is 1. The summed E-state index contributed by atoms with van der Waals surface area (Å²) in [6, 6.07) is 10.5. The van der Waals surface area contributed by atoms with Crippen LogP contribution in [-0.4, -0.2) is 53.2 Å². The van der Waals surface area contributed by atoms with E-state index < -0.39 is 0 Å². The zero-order valence-corrected chi connectivity index (χ0v) is 12.3. The number of β-amino-alcohol motifs (C(OH)–C–C–N with tert-alkyl or cyclic N) is 1. The minimum absolute atomic E-state index is 0.267. The van der Waals surface area contributed by atoms with E-state index in [0.717, 1.165) is 38.3 Å². The van der Waals surface area contributed by atoms with Crippen molar-refractivity contribution in [3.05, 3.63) is 35.4 Å². The Morgan fingerprint density at radius 2 is 2.25 bits per heavy atom. The van der Waals surface area contributed by atoms with Crippen LogP contribution in [0.2, 0.25) is 0 Å². The van der Waals surface area contributed by atoms with Crippen molar-refractivity contribution < 1.29 is 5.11 Å². The van der Waals surface area contributed by atoms with Crippen LogP contribution in [0.4, 0.5) is 0 Å². The third-order valence-electron chi connectivity index (χ3n) is 3.81. The van der Waals surface area contributed by atoms with Crippen LogP contribution in [0, 0.1) is 11.3 Å². The Labute approximate surface area is 121 Å². The van der Waals surface area contributed by atoms with Gasteiger partial charge in [-0.3, -0.25) is 9.80 Å². The Kier molecular flexibility index (Phi) is 5.13. The van der Waals surface area contributed by atoms with Gasteiger partial charge in [0, 0.05) is 38.8 Å². The summed E-state index contributed by atoms with van der Waals surface area (Å²) in [6.45, 7) is 8.69. The van der Waals surface area contributed by atoms with Gasteiger partial charge in [-0.25, -0.2) is 0 Å². The number of nitriles is 1. The topological polar surface area (TPSA) is 50.5 Å². The fraction of sp³-hybridized carbons (Fsp3) is 0.562. The van der Waals surface area contributed by atoms with Crippen molar-refractivity contribution in [2.45, 2.75) is 32.5 Å². The van der Waals surface area contributed by atoms with Crippen molar-refractivity contribution in [2.24, 2.45) is 0 Å². The quantitative estimate of drug-likeness (QED) is 0.902. The highest BCUT2D eigenvalue weighted by Crippen LogP contribution is 2.14. The number of hydrogen-bond donors (Lipinski definition) is 1. The number of rotatable bonds is 4. The third kappa shape index (κ3) is 4.04. The molecule has 20 heavy (non-hydrogen) atoms. The molecule has 1 fully saturated rings. The lowest BCUT2D eigenvalue weighted by atomic mass is 10.1. The first-order valence-corrected chi connectivity index (χ1v) is 7.22. The molecule has 4 heteroatoms. The van der Waals surface area contributed by atoms with Crippen LogP contribution in [0.1, 0.15) is 25.0 Å². The number of aliphatic hydroxyl groups is 1. The zero-order valence-electron chi connectivity index (χ0n) is 12.3. The van der Waals surface area contributed by atoms with Gasteiger partial charge in [0.2, 0.25) is 0 Å². The molecule has 1 aliphatic heterocycles. The average Bonchev–Trinajstić information content (AvgIpc) is 2.42. The lowest BCUT2D eigenvalue weighted by molar-refractivity contribution is 0.0423. The minimum Gasteiger partial charge on any atom is -0.392 e. The molecule has 0 amide bonds. The Morgan fingerprint density at radius 3 is 2.90 bits per heavy atom. The molecule has 1 N–H and O–H groups in total. The maximum atomic E-state index is 9.50. The van der Waals surface area contributed by atoms with E-state index in [4.69, 9.17) is 5.26 Å². The van der Waals surface area contributed by atoms with E-state index >= 15 is 0 Å². The standard InChI is InChI=1S/C16H23N3O/c1-13-10-18(6-7-19(13)11-14(2)20)12-16-5-3-4-15(8-16)9-17/h3-5,8,13-14,20H,6-7,10-12H2,1-2H3/t13-,14-/m0/s1. The van der Waals surface area contributed by atoms with Crippen molar-refractivity contribution in [2.75, 3.05) is 26.2 Å². The van der Waals surface area contributed by atoms with E-state index in [1.54, 1.807) is 0 Å². The summed E-state index contributed by atoms with van der Waals surface area (Å²) in [5, 5.41) is 18.4. The van der Waals surface area contributed by atoms with E-state index in [1.807, 2.05) is 25.1 Å². The molecule has 1 aliphatic rings. The first kappa shape index (κ1) is 15.0. The zero-order chi connectivity index (χ0) is 14.5. The van der Waals surface area contributed by atoms with Gasteiger partial charge in [-0.15, -0.1) is 0 Å². The molecule has 0 unspecified atom stereocenters. The van der Waals surface area contributed by atoms with Crippen molar-refractivity contribution >= 4 is 0 Å². The second kappa shape index (κ2) is 6.85. The van der Waals surface area contributed by atoms with Crippen molar-refractivity contribution in [1.82, 2.24) is 9.80 Å². The number of hydrogen-bond acceptors (Lipinski definition) is 4. The molecule has 0 aromatic heterocycles. The van der Waals surface area contributed by atoms with E-state index in [2.05, 4.69) is 28.9 Å². The number of benzene rings is 1. The maximum absolute atomic E-state index is 9.50. The van der Waals surface area contributed by atoms with Crippen molar-refractivity contribution in [3.8, 4) is 6.07 Å².